The lowest BCUT2D eigenvalue weighted by atomic mass is 9.95. The number of aryl methyl sites for hydroxylation is 4. The molecule has 18 bridgehead atoms. The number of likely N-dealkylation sites (N-methyl/N-ethyl adjacent to an activating group) is 1. The van der Waals surface area contributed by atoms with Crippen molar-refractivity contribution in [3.05, 3.63) is 182 Å². The molecule has 5 saturated heterocycles. The summed E-state index contributed by atoms with van der Waals surface area (Å²) in [5, 5.41) is 32.2. The molecule has 124 heavy (non-hydrogen) atoms. The van der Waals surface area contributed by atoms with Crippen molar-refractivity contribution in [3.63, 3.8) is 0 Å². The third-order valence-electron chi connectivity index (χ3n) is 27.0. The summed E-state index contributed by atoms with van der Waals surface area (Å²) in [4.78, 5) is 40.0. The Bertz CT molecular complexity index is 5790. The first-order chi connectivity index (χ1) is 59.7. The molecule has 652 valence electrons. The molecule has 28 heteroatoms. The quantitative estimate of drug-likeness (QED) is 0.120. The van der Waals surface area contributed by atoms with Crippen LogP contribution in [0.1, 0.15) is 90.0 Å². The number of nitrogens with one attached hydrogen (secondary N) is 4. The number of hydrogen-bond acceptors (Lipinski definition) is 24. The second kappa shape index (κ2) is 35.7. The number of nitrogens with zero attached hydrogens (tertiary/aromatic N) is 20. The number of piperazine rings is 3. The number of benzene rings is 4. The van der Waals surface area contributed by atoms with E-state index in [0.717, 1.165) is 237 Å². The lowest BCUT2D eigenvalue weighted by Crippen LogP contribution is -2.65. The highest BCUT2D eigenvalue weighted by atomic mass is 16.5. The Morgan fingerprint density at radius 1 is 0.444 bits per heavy atom. The van der Waals surface area contributed by atoms with Gasteiger partial charge in [-0.15, -0.1) is 6.58 Å². The molecule has 0 spiro atoms. The standard InChI is InChI=1S/2C25H32N6O.C24H30N6O.C21H26N6O.CH4/c1-17-4-7-20-12-21(17)22-13-27-31-10-8-23(28-24(22)31)26-9-11-29-16-25(2,3)30(18-5-6-18)14-19(29)15-32-20;1-5-10-30-15-19-16-32-20-7-6-18(2)21(13-20)22-14-27-31-11-8-23(28-24(22)31)26-9-12-29(19)17-25(30,3)4;1-17-5-6-19-12-21(17)22-13-25-30-9-7-23(26-24(22)30)27(2)10-11-28-14-18-4-3-8-29(18)16-20(15-28)31-19;1-14-3-4-17-9-18(14)19-11-24-27-7-5-20(25-21(19)27)22-6-8-26-12-15(2)23-10-16(26)13-28-17;/h4,7-8,10,12-13,18-19H,5-6,9,11,14-16H2,1-3H3,(H,26,28);5-8,11,13-14,19H,1,9-10,12,15-17H2,2-4H3,(H,26,28);5-7,9,12-13,18,20H,3-4,8,10-11,14-16H2,1-2H3;3-5,7,9,11,15-16,23H,6,8,10,12-13H2,1-2H3,(H,22,25);1H4/t2*19-;18-,20-;15-,16+;/m0001./s1. The van der Waals surface area contributed by atoms with Crippen molar-refractivity contribution in [2.45, 2.75) is 149 Å². The Hall–Kier alpha value is -10.8. The monoisotopic (exact) mass is 1680 g/mol. The fourth-order valence-corrected chi connectivity index (χ4v) is 19.8. The van der Waals surface area contributed by atoms with Crippen LogP contribution in [0.5, 0.6) is 23.0 Å². The van der Waals surface area contributed by atoms with Crippen molar-refractivity contribution >= 4 is 45.9 Å². The van der Waals surface area contributed by atoms with E-state index in [2.05, 4.69) is 236 Å². The van der Waals surface area contributed by atoms with Gasteiger partial charge in [-0.05, 0) is 212 Å². The highest BCUT2D eigenvalue weighted by Gasteiger charge is 2.46. The molecule has 10 aliphatic rings. The van der Waals surface area contributed by atoms with Crippen LogP contribution in [-0.2, 0) is 0 Å². The van der Waals surface area contributed by atoms with Crippen molar-refractivity contribution in [2.75, 3.05) is 172 Å². The number of rotatable bonds is 3. The minimum atomic E-state index is 0. The molecule has 28 nitrogen and oxygen atoms in total. The van der Waals surface area contributed by atoms with Crippen LogP contribution in [0, 0.1) is 27.7 Å². The van der Waals surface area contributed by atoms with Crippen LogP contribution in [0.25, 0.3) is 67.1 Å². The van der Waals surface area contributed by atoms with E-state index < -0.39 is 0 Å². The summed E-state index contributed by atoms with van der Waals surface area (Å²) in [5.41, 5.74) is 17.1. The molecule has 6 fully saturated rings. The molecule has 17 heterocycles. The molecule has 12 aromatic rings. The summed E-state index contributed by atoms with van der Waals surface area (Å²) >= 11 is 0. The molecular formula is C96H124N24O4. The minimum Gasteiger partial charge on any atom is -0.492 e. The zero-order chi connectivity index (χ0) is 84.2. The van der Waals surface area contributed by atoms with Gasteiger partial charge in [0.05, 0.1) is 42.9 Å². The van der Waals surface area contributed by atoms with E-state index >= 15 is 0 Å². The fraction of sp³-hybridized carbons (Fsp3) is 0.479. The average molecular weight is 1680 g/mol. The van der Waals surface area contributed by atoms with Crippen molar-refractivity contribution < 1.29 is 18.9 Å². The van der Waals surface area contributed by atoms with E-state index in [0.29, 0.717) is 50.0 Å². The maximum absolute atomic E-state index is 6.62. The normalized spacial score (nSPS) is 23.5. The van der Waals surface area contributed by atoms with Crippen molar-refractivity contribution in [1.29, 1.82) is 0 Å². The van der Waals surface area contributed by atoms with Crippen LogP contribution in [0.3, 0.4) is 0 Å². The second-order valence-corrected chi connectivity index (χ2v) is 36.8. The van der Waals surface area contributed by atoms with Crippen molar-refractivity contribution in [3.8, 4) is 67.5 Å². The van der Waals surface area contributed by atoms with Crippen molar-refractivity contribution in [1.82, 2.24) is 98.0 Å². The van der Waals surface area contributed by atoms with E-state index in [1.165, 1.54) is 54.5 Å². The molecule has 1 unspecified atom stereocenters. The molecule has 1 saturated carbocycles. The zero-order valence-corrected chi connectivity index (χ0v) is 73.1. The fourth-order valence-electron chi connectivity index (χ4n) is 19.8. The van der Waals surface area contributed by atoms with Gasteiger partial charge in [-0.2, -0.15) is 20.4 Å². The zero-order valence-electron chi connectivity index (χ0n) is 73.1. The van der Waals surface area contributed by atoms with Gasteiger partial charge < -0.3 is 45.1 Å². The second-order valence-electron chi connectivity index (χ2n) is 36.8. The van der Waals surface area contributed by atoms with Gasteiger partial charge in [0.1, 0.15) is 72.2 Å². The number of hydrogen-bond donors (Lipinski definition) is 4. The van der Waals surface area contributed by atoms with Crippen LogP contribution in [-0.4, -0.2) is 297 Å². The van der Waals surface area contributed by atoms with E-state index in [4.69, 9.17) is 38.9 Å². The largest absolute Gasteiger partial charge is 0.492 e. The third kappa shape index (κ3) is 18.0. The summed E-state index contributed by atoms with van der Waals surface area (Å²) in [6, 6.07) is 36.4. The number of anilines is 4. The van der Waals surface area contributed by atoms with Crippen LogP contribution in [0.2, 0.25) is 0 Å². The highest BCUT2D eigenvalue weighted by molar-refractivity contribution is 5.84. The average Bonchev–Trinajstić information content (AvgIpc) is 1.57. The van der Waals surface area contributed by atoms with Gasteiger partial charge in [0.15, 0.2) is 22.6 Å². The molecule has 9 aliphatic heterocycles. The molecule has 22 rings (SSSR count). The van der Waals surface area contributed by atoms with Gasteiger partial charge in [0, 0.05) is 201 Å². The molecule has 1 aliphatic carbocycles. The van der Waals surface area contributed by atoms with Crippen LogP contribution >= 0.6 is 0 Å². The summed E-state index contributed by atoms with van der Waals surface area (Å²) in [6.07, 6.45) is 23.0. The molecule has 0 radical (unpaired) electrons. The van der Waals surface area contributed by atoms with Crippen LogP contribution < -0.4 is 45.1 Å². The predicted octanol–water partition coefficient (Wildman–Crippen LogP) is 12.4. The van der Waals surface area contributed by atoms with E-state index in [-0.39, 0.29) is 24.6 Å². The topological polar surface area (TPSA) is 232 Å². The maximum Gasteiger partial charge on any atom is 0.165 e. The molecular weight excluding hydrogens is 1550 g/mol. The first-order valence-corrected chi connectivity index (χ1v) is 44.6. The molecule has 8 aromatic heterocycles. The van der Waals surface area contributed by atoms with Crippen LogP contribution in [0.15, 0.2) is 159 Å². The van der Waals surface area contributed by atoms with E-state index in [1.807, 2.05) is 91.9 Å². The minimum absolute atomic E-state index is 0. The first kappa shape index (κ1) is 84.0. The summed E-state index contributed by atoms with van der Waals surface area (Å²) in [6.45, 7) is 44.7. The lowest BCUT2D eigenvalue weighted by molar-refractivity contribution is -0.0341. The SMILES string of the molecule is C.C=CCN1C[C@H]2COc3ccc(C)c(c3)-c3cnn4ccc(nc34)NCCN2CC1(C)C.Cc1ccc2cc1-c1cnn3ccc(nc13)N(C)CCN1C[C@@H](CN3CCC[C@H]3C1)O2.Cc1ccc2cc1-c1cnn3ccc(nc13)NCCN1CC(C)(C)N(C3CC3)C[C@H]1CO2.Cc1ccc2cc1-c1cnn3ccc(nc13)NCCN1C[C@@H](C)NC[C@H]1CO2. The summed E-state index contributed by atoms with van der Waals surface area (Å²) in [7, 11) is 2.14. The highest BCUT2D eigenvalue weighted by Crippen LogP contribution is 2.40. The Labute approximate surface area is 728 Å². The van der Waals surface area contributed by atoms with Gasteiger partial charge in [-0.25, -0.2) is 38.0 Å². The third-order valence-corrected chi connectivity index (χ3v) is 27.0. The number of fused-ring (bicyclic) bond motifs is 22. The summed E-state index contributed by atoms with van der Waals surface area (Å²) < 4.78 is 33.0. The van der Waals surface area contributed by atoms with Gasteiger partial charge in [-0.3, -0.25) is 34.3 Å². The van der Waals surface area contributed by atoms with Gasteiger partial charge in [0.2, 0.25) is 0 Å². The van der Waals surface area contributed by atoms with E-state index in [1.54, 1.807) is 0 Å². The van der Waals surface area contributed by atoms with Gasteiger partial charge in [-0.1, -0.05) is 37.8 Å². The summed E-state index contributed by atoms with van der Waals surface area (Å²) in [5.74, 6) is 7.28. The number of ether oxygens (including phenoxy) is 4. The molecule has 4 N–H and O–H groups in total. The predicted molar refractivity (Wildman–Crippen MR) is 493 cm³/mol. The van der Waals surface area contributed by atoms with Gasteiger partial charge in [0.25, 0.3) is 0 Å². The number of aromatic nitrogens is 12. The smallest absolute Gasteiger partial charge is 0.165 e. The molecule has 7 atom stereocenters. The Morgan fingerprint density at radius 2 is 0.895 bits per heavy atom. The Balaban J connectivity index is 0.000000112. The first-order valence-electron chi connectivity index (χ1n) is 44.6. The van der Waals surface area contributed by atoms with Gasteiger partial charge >= 0.3 is 0 Å². The maximum atomic E-state index is 6.62. The molecule has 4 aromatic carbocycles. The van der Waals surface area contributed by atoms with Crippen molar-refractivity contribution in [2.24, 2.45) is 0 Å². The lowest BCUT2D eigenvalue weighted by Gasteiger charge is -2.51. The molecule has 0 amide bonds. The Morgan fingerprint density at radius 3 is 1.40 bits per heavy atom. The Kier molecular flexibility index (Phi) is 24.2. The van der Waals surface area contributed by atoms with Crippen LogP contribution in [0.4, 0.5) is 23.3 Å². The van der Waals surface area contributed by atoms with E-state index in [9.17, 15) is 0 Å².